The van der Waals surface area contributed by atoms with Crippen LogP contribution in [0.3, 0.4) is 0 Å². The molecule has 0 bridgehead atoms. The third-order valence-electron chi connectivity index (χ3n) is 2.29. The summed E-state index contributed by atoms with van der Waals surface area (Å²) in [5.74, 6) is 0.775. The molecule has 3 nitrogen and oxygen atoms in total. The maximum atomic E-state index is 10.1. The van der Waals surface area contributed by atoms with Crippen LogP contribution in [-0.4, -0.2) is 23.4 Å². The van der Waals surface area contributed by atoms with Crippen LogP contribution in [0.1, 0.15) is 46.3 Å². The van der Waals surface area contributed by atoms with Gasteiger partial charge in [-0.2, -0.15) is 0 Å². The summed E-state index contributed by atoms with van der Waals surface area (Å²) >= 11 is 0. The lowest BCUT2D eigenvalue weighted by Gasteiger charge is -2.22. The van der Waals surface area contributed by atoms with E-state index in [2.05, 4.69) is 0 Å². The Bertz CT molecular complexity index is 366. The van der Waals surface area contributed by atoms with Gasteiger partial charge in [0.1, 0.15) is 11.9 Å². The van der Waals surface area contributed by atoms with Gasteiger partial charge in [-0.15, -0.1) is 0 Å². The molecule has 1 unspecified atom stereocenters. The largest absolute Gasteiger partial charge is 0.491 e. The van der Waals surface area contributed by atoms with Crippen LogP contribution in [0.2, 0.25) is 0 Å². The van der Waals surface area contributed by atoms with Crippen LogP contribution in [0, 0.1) is 0 Å². The fourth-order valence-electron chi connectivity index (χ4n) is 1.49. The van der Waals surface area contributed by atoms with Gasteiger partial charge in [0.05, 0.1) is 18.3 Å². The highest BCUT2D eigenvalue weighted by Crippen LogP contribution is 2.21. The zero-order valence-corrected chi connectivity index (χ0v) is 11.9. The van der Waals surface area contributed by atoms with E-state index in [1.54, 1.807) is 0 Å². The zero-order chi connectivity index (χ0) is 13.8. The van der Waals surface area contributed by atoms with Gasteiger partial charge in [-0.05, 0) is 52.3 Å². The quantitative estimate of drug-likeness (QED) is 0.873. The SMILES string of the molecule is CC(C)Oc1cccc(C(O)COC(C)(C)C)c1. The van der Waals surface area contributed by atoms with Gasteiger partial charge in [0.25, 0.3) is 0 Å². The van der Waals surface area contributed by atoms with Gasteiger partial charge in [0, 0.05) is 0 Å². The summed E-state index contributed by atoms with van der Waals surface area (Å²) in [6.07, 6.45) is -0.497. The molecule has 18 heavy (non-hydrogen) atoms. The van der Waals surface area contributed by atoms with Crippen LogP contribution in [-0.2, 0) is 4.74 Å². The van der Waals surface area contributed by atoms with E-state index in [0.717, 1.165) is 11.3 Å². The molecule has 0 spiro atoms. The molecule has 0 saturated heterocycles. The molecule has 0 heterocycles. The summed E-state index contributed by atoms with van der Waals surface area (Å²) < 4.78 is 11.2. The smallest absolute Gasteiger partial charge is 0.120 e. The standard InChI is InChI=1S/C15H24O3/c1-11(2)18-13-8-6-7-12(9-13)14(16)10-17-15(3,4)5/h6-9,11,14,16H,10H2,1-5H3. The van der Waals surface area contributed by atoms with Crippen molar-refractivity contribution in [2.24, 2.45) is 0 Å². The summed E-state index contributed by atoms with van der Waals surface area (Å²) in [6, 6.07) is 7.51. The van der Waals surface area contributed by atoms with Crippen LogP contribution in [0.5, 0.6) is 5.75 Å². The molecule has 0 radical (unpaired) electrons. The monoisotopic (exact) mass is 252 g/mol. The van der Waals surface area contributed by atoms with Gasteiger partial charge >= 0.3 is 0 Å². The van der Waals surface area contributed by atoms with Gasteiger partial charge in [0.2, 0.25) is 0 Å². The summed E-state index contributed by atoms with van der Waals surface area (Å²) in [5.41, 5.74) is 0.574. The van der Waals surface area contributed by atoms with Crippen molar-refractivity contribution in [1.82, 2.24) is 0 Å². The minimum atomic E-state index is -0.625. The van der Waals surface area contributed by atoms with E-state index in [1.807, 2.05) is 58.9 Å². The molecule has 1 rings (SSSR count). The van der Waals surface area contributed by atoms with Gasteiger partial charge in [-0.25, -0.2) is 0 Å². The average molecular weight is 252 g/mol. The first-order valence-corrected chi connectivity index (χ1v) is 6.36. The average Bonchev–Trinajstić information content (AvgIpc) is 2.24. The Morgan fingerprint density at radius 1 is 1.22 bits per heavy atom. The number of hydrogen-bond donors (Lipinski definition) is 1. The molecular weight excluding hydrogens is 228 g/mol. The van der Waals surface area contributed by atoms with Crippen LogP contribution in [0.25, 0.3) is 0 Å². The fourth-order valence-corrected chi connectivity index (χ4v) is 1.49. The number of aliphatic hydroxyl groups excluding tert-OH is 1. The van der Waals surface area contributed by atoms with E-state index in [-0.39, 0.29) is 18.3 Å². The van der Waals surface area contributed by atoms with Gasteiger partial charge in [-0.1, -0.05) is 12.1 Å². The first-order chi connectivity index (χ1) is 8.28. The molecule has 1 aromatic rings. The molecule has 1 aromatic carbocycles. The molecule has 0 aliphatic rings. The van der Waals surface area contributed by atoms with E-state index >= 15 is 0 Å². The van der Waals surface area contributed by atoms with Crippen molar-refractivity contribution in [3.8, 4) is 5.75 Å². The van der Waals surface area contributed by atoms with Crippen molar-refractivity contribution >= 4 is 0 Å². The molecule has 0 aromatic heterocycles. The van der Waals surface area contributed by atoms with Crippen molar-refractivity contribution in [2.75, 3.05) is 6.61 Å². The van der Waals surface area contributed by atoms with E-state index in [0.29, 0.717) is 0 Å². The van der Waals surface area contributed by atoms with Crippen LogP contribution >= 0.6 is 0 Å². The maximum Gasteiger partial charge on any atom is 0.120 e. The first kappa shape index (κ1) is 15.0. The second-order valence-corrected chi connectivity index (χ2v) is 5.68. The zero-order valence-electron chi connectivity index (χ0n) is 11.9. The predicted molar refractivity (Wildman–Crippen MR) is 72.9 cm³/mol. The minimum Gasteiger partial charge on any atom is -0.491 e. The number of aliphatic hydroxyl groups is 1. The van der Waals surface area contributed by atoms with E-state index < -0.39 is 6.10 Å². The molecule has 0 aliphatic carbocycles. The van der Waals surface area contributed by atoms with Crippen molar-refractivity contribution in [3.63, 3.8) is 0 Å². The first-order valence-electron chi connectivity index (χ1n) is 6.36. The second-order valence-electron chi connectivity index (χ2n) is 5.68. The van der Waals surface area contributed by atoms with E-state index in [9.17, 15) is 5.11 Å². The van der Waals surface area contributed by atoms with Gasteiger partial charge < -0.3 is 14.6 Å². The lowest BCUT2D eigenvalue weighted by atomic mass is 10.1. The molecular formula is C15H24O3. The molecule has 3 heteroatoms. The topological polar surface area (TPSA) is 38.7 Å². The number of hydrogen-bond acceptors (Lipinski definition) is 3. The van der Waals surface area contributed by atoms with Crippen LogP contribution in [0.15, 0.2) is 24.3 Å². The summed E-state index contributed by atoms with van der Waals surface area (Å²) in [7, 11) is 0. The maximum absolute atomic E-state index is 10.1. The van der Waals surface area contributed by atoms with Gasteiger partial charge in [0.15, 0.2) is 0 Å². The third kappa shape index (κ3) is 5.52. The normalized spacial score (nSPS) is 13.7. The fraction of sp³-hybridized carbons (Fsp3) is 0.600. The Morgan fingerprint density at radius 3 is 2.44 bits per heavy atom. The second kappa shape index (κ2) is 6.21. The summed E-state index contributed by atoms with van der Waals surface area (Å²) in [5, 5.41) is 10.1. The Balaban J connectivity index is 2.65. The Morgan fingerprint density at radius 2 is 1.89 bits per heavy atom. The van der Waals surface area contributed by atoms with Crippen molar-refractivity contribution in [2.45, 2.75) is 52.4 Å². The summed E-state index contributed by atoms with van der Waals surface area (Å²) in [4.78, 5) is 0. The third-order valence-corrected chi connectivity index (χ3v) is 2.29. The molecule has 0 saturated carbocycles. The lowest BCUT2D eigenvalue weighted by molar-refractivity contribution is -0.0496. The van der Waals surface area contributed by atoms with E-state index in [1.165, 1.54) is 0 Å². The minimum absolute atomic E-state index is 0.128. The molecule has 102 valence electrons. The van der Waals surface area contributed by atoms with Crippen LogP contribution < -0.4 is 4.74 Å². The van der Waals surface area contributed by atoms with Crippen molar-refractivity contribution < 1.29 is 14.6 Å². The van der Waals surface area contributed by atoms with Crippen molar-refractivity contribution in [3.05, 3.63) is 29.8 Å². The molecule has 1 atom stereocenters. The number of benzene rings is 1. The highest BCUT2D eigenvalue weighted by Gasteiger charge is 2.15. The highest BCUT2D eigenvalue weighted by atomic mass is 16.5. The highest BCUT2D eigenvalue weighted by molar-refractivity contribution is 5.30. The molecule has 1 N–H and O–H groups in total. The van der Waals surface area contributed by atoms with Gasteiger partial charge in [-0.3, -0.25) is 0 Å². The molecule has 0 aliphatic heterocycles. The number of ether oxygens (including phenoxy) is 2. The molecule has 0 amide bonds. The van der Waals surface area contributed by atoms with E-state index in [4.69, 9.17) is 9.47 Å². The van der Waals surface area contributed by atoms with Crippen molar-refractivity contribution in [1.29, 1.82) is 0 Å². The Kier molecular flexibility index (Phi) is 5.17. The Hall–Kier alpha value is -1.06. The molecule has 0 fully saturated rings. The Labute approximate surface area is 110 Å². The lowest BCUT2D eigenvalue weighted by Crippen LogP contribution is -2.22. The number of rotatable bonds is 5. The predicted octanol–water partition coefficient (Wildman–Crippen LogP) is 3.32. The van der Waals surface area contributed by atoms with Crippen LogP contribution in [0.4, 0.5) is 0 Å². The summed E-state index contributed by atoms with van der Waals surface area (Å²) in [6.45, 7) is 10.2.